The summed E-state index contributed by atoms with van der Waals surface area (Å²) < 4.78 is 0. The van der Waals surface area contributed by atoms with Gasteiger partial charge in [-0.3, -0.25) is 0 Å². The van der Waals surface area contributed by atoms with E-state index in [1.165, 1.54) is 12.3 Å². The van der Waals surface area contributed by atoms with Gasteiger partial charge in [0, 0.05) is 0 Å². The molecule has 0 saturated heterocycles. The fraction of sp³-hybridized carbons (Fsp3) is 0.600. The summed E-state index contributed by atoms with van der Waals surface area (Å²) >= 11 is 0. The summed E-state index contributed by atoms with van der Waals surface area (Å²) in [7, 11) is 0. The Kier molecular flexibility index (Phi) is 26.6. The largest absolute Gasteiger partial charge is 2.00 e. The van der Waals surface area contributed by atoms with E-state index in [1.54, 1.807) is 0 Å². The third kappa shape index (κ3) is 64.1. The van der Waals surface area contributed by atoms with Crippen molar-refractivity contribution in [1.29, 1.82) is 0 Å². The van der Waals surface area contributed by atoms with E-state index < -0.39 is 0 Å². The molecule has 0 amide bonds. The zero-order valence-corrected chi connectivity index (χ0v) is 11.3. The molecule has 0 aromatic heterocycles. The maximum absolute atomic E-state index is 3.68. The molecule has 0 rings (SSSR count). The number of rotatable bonds is 3. The number of hydrogen-bond acceptors (Lipinski definition) is 0. The van der Waals surface area contributed by atoms with Gasteiger partial charge < -0.3 is 12.8 Å². The molecule has 11 heavy (non-hydrogen) atoms. The Balaban J connectivity index is -0.000000114. The van der Waals surface area contributed by atoms with Crippen LogP contribution in [0, 0.1) is 12.8 Å². The second-order valence-corrected chi connectivity index (χ2v) is 2.78. The Hall–Kier alpha value is 0.363. The van der Waals surface area contributed by atoms with Crippen molar-refractivity contribution >= 4 is 0 Å². The summed E-state index contributed by atoms with van der Waals surface area (Å²) in [5, 5.41) is 0. The molecule has 0 aliphatic heterocycles. The minimum Gasteiger partial charge on any atom is -0.343 e. The maximum Gasteiger partial charge on any atom is 2.00 e. The van der Waals surface area contributed by atoms with Gasteiger partial charge in [-0.1, -0.05) is 12.5 Å². The molecule has 0 N–H and O–H groups in total. The summed E-state index contributed by atoms with van der Waals surface area (Å²) in [6, 6.07) is 0. The predicted molar refractivity (Wildman–Crippen MR) is 49.7 cm³/mol. The van der Waals surface area contributed by atoms with Crippen LogP contribution >= 0.6 is 0 Å². The molecule has 0 spiro atoms. The average molecular weight is 206 g/mol. The minimum atomic E-state index is 0. The quantitative estimate of drug-likeness (QED) is 0.285. The molecule has 1 heteroatoms. The van der Waals surface area contributed by atoms with Gasteiger partial charge in [-0.25, -0.2) is 0 Å². The molecular weight excluding hydrogens is 185 g/mol. The molecule has 0 saturated carbocycles. The van der Waals surface area contributed by atoms with E-state index in [4.69, 9.17) is 0 Å². The summed E-state index contributed by atoms with van der Waals surface area (Å²) in [5.74, 6) is 1.42. The Bertz CT molecular complexity index is 55.1. The fourth-order valence-corrected chi connectivity index (χ4v) is 0.289. The SMILES string of the molecule is C=CCCC[CH2-].C[C-](C)C.[Zn+2]. The zero-order valence-electron chi connectivity index (χ0n) is 8.32. The number of unbranched alkanes of at least 4 members (excludes halogenated alkanes) is 2. The van der Waals surface area contributed by atoms with Crippen LogP contribution in [0.1, 0.15) is 40.0 Å². The van der Waals surface area contributed by atoms with Gasteiger partial charge in [-0.2, -0.15) is 27.2 Å². The Morgan fingerprint density at radius 1 is 1.36 bits per heavy atom. The normalized spacial score (nSPS) is 7.73. The average Bonchev–Trinajstić information content (AvgIpc) is 1.82. The second-order valence-electron chi connectivity index (χ2n) is 2.78. The molecule has 0 unspecified atom stereocenters. The van der Waals surface area contributed by atoms with Crippen molar-refractivity contribution in [3.05, 3.63) is 25.5 Å². The zero-order chi connectivity index (χ0) is 8.41. The predicted octanol–water partition coefficient (Wildman–Crippen LogP) is 3.79. The molecular formula is C10H20Zn. The van der Waals surface area contributed by atoms with Gasteiger partial charge >= 0.3 is 19.5 Å². The van der Waals surface area contributed by atoms with Crippen LogP contribution in [-0.2, 0) is 19.5 Å². The smallest absolute Gasteiger partial charge is 0.343 e. The molecule has 62 valence electrons. The monoisotopic (exact) mass is 204 g/mol. The standard InChI is InChI=1S/C6H11.C4H9.Zn/c1-3-5-6-4-2;1-4(2)3;/h3H,1-2,4-6H2;1-3H3;/q2*-1;+2. The maximum atomic E-state index is 3.68. The third-order valence-electron chi connectivity index (χ3n) is 0.658. The van der Waals surface area contributed by atoms with E-state index in [9.17, 15) is 0 Å². The van der Waals surface area contributed by atoms with E-state index in [0.717, 1.165) is 12.8 Å². The minimum absolute atomic E-state index is 0. The van der Waals surface area contributed by atoms with Gasteiger partial charge in [0.2, 0.25) is 0 Å². The van der Waals surface area contributed by atoms with Crippen molar-refractivity contribution in [1.82, 2.24) is 0 Å². The van der Waals surface area contributed by atoms with Crippen LogP contribution in [0.25, 0.3) is 0 Å². The first-order chi connectivity index (χ1) is 4.65. The van der Waals surface area contributed by atoms with Crippen molar-refractivity contribution in [2.75, 3.05) is 0 Å². The van der Waals surface area contributed by atoms with Crippen LogP contribution in [0.5, 0.6) is 0 Å². The first-order valence-corrected chi connectivity index (χ1v) is 3.82. The molecule has 0 radical (unpaired) electrons. The van der Waals surface area contributed by atoms with Crippen LogP contribution in [0.2, 0.25) is 0 Å². The van der Waals surface area contributed by atoms with Gasteiger partial charge in [0.25, 0.3) is 0 Å². The van der Waals surface area contributed by atoms with Crippen molar-refractivity contribution < 1.29 is 19.5 Å². The van der Waals surface area contributed by atoms with E-state index in [-0.39, 0.29) is 19.5 Å². The summed E-state index contributed by atoms with van der Waals surface area (Å²) in [6.45, 7) is 13.5. The van der Waals surface area contributed by atoms with Gasteiger partial charge in [-0.05, 0) is 6.42 Å². The Labute approximate surface area is 85.2 Å². The summed E-state index contributed by atoms with van der Waals surface area (Å²) in [6.07, 6.45) is 5.25. The number of allylic oxidation sites excluding steroid dienone is 1. The first-order valence-electron chi connectivity index (χ1n) is 3.82. The van der Waals surface area contributed by atoms with Crippen molar-refractivity contribution in [3.63, 3.8) is 0 Å². The molecule has 0 heterocycles. The number of hydrogen-bond donors (Lipinski definition) is 0. The molecule has 0 fully saturated rings. The molecule has 0 bridgehead atoms. The van der Waals surface area contributed by atoms with Crippen LogP contribution in [0.15, 0.2) is 12.7 Å². The topological polar surface area (TPSA) is 0 Å². The van der Waals surface area contributed by atoms with E-state index in [0.29, 0.717) is 0 Å². The first kappa shape index (κ1) is 17.4. The van der Waals surface area contributed by atoms with E-state index in [1.807, 2.05) is 6.08 Å². The van der Waals surface area contributed by atoms with Gasteiger partial charge in [0.1, 0.15) is 0 Å². The molecule has 0 aliphatic rings. The van der Waals surface area contributed by atoms with Gasteiger partial charge in [0.15, 0.2) is 0 Å². The van der Waals surface area contributed by atoms with Crippen LogP contribution in [0.4, 0.5) is 0 Å². The van der Waals surface area contributed by atoms with Crippen molar-refractivity contribution in [2.45, 2.75) is 40.0 Å². The van der Waals surface area contributed by atoms with Crippen molar-refractivity contribution in [2.24, 2.45) is 0 Å². The summed E-state index contributed by atoms with van der Waals surface area (Å²) in [5.41, 5.74) is 0. The van der Waals surface area contributed by atoms with Gasteiger partial charge in [0.05, 0.1) is 0 Å². The Morgan fingerprint density at radius 2 is 1.73 bits per heavy atom. The summed E-state index contributed by atoms with van der Waals surface area (Å²) in [4.78, 5) is 0. The molecule has 0 atom stereocenters. The molecule has 0 nitrogen and oxygen atoms in total. The molecule has 0 aliphatic carbocycles. The van der Waals surface area contributed by atoms with Crippen LogP contribution in [-0.4, -0.2) is 0 Å². The molecule has 0 aromatic carbocycles. The van der Waals surface area contributed by atoms with Crippen molar-refractivity contribution in [3.8, 4) is 0 Å². The second kappa shape index (κ2) is 16.8. The molecule has 0 aromatic rings. The van der Waals surface area contributed by atoms with E-state index in [2.05, 4.69) is 34.3 Å². The van der Waals surface area contributed by atoms with E-state index >= 15 is 0 Å². The van der Waals surface area contributed by atoms with Gasteiger partial charge in [-0.15, -0.1) is 6.58 Å². The fourth-order valence-electron chi connectivity index (χ4n) is 0.289. The third-order valence-corrected chi connectivity index (χ3v) is 0.658. The van der Waals surface area contributed by atoms with Crippen LogP contribution in [0.3, 0.4) is 0 Å². The van der Waals surface area contributed by atoms with Crippen LogP contribution < -0.4 is 0 Å². The Morgan fingerprint density at radius 3 is 1.82 bits per heavy atom.